The van der Waals surface area contributed by atoms with Gasteiger partial charge in [0.25, 0.3) is 0 Å². The summed E-state index contributed by atoms with van der Waals surface area (Å²) in [5.74, 6) is -0.323. The van der Waals surface area contributed by atoms with Crippen molar-refractivity contribution in [3.8, 4) is 0 Å². The first-order valence-corrected chi connectivity index (χ1v) is 5.98. The first-order valence-electron chi connectivity index (χ1n) is 5.98. The molecule has 0 bridgehead atoms. The topological polar surface area (TPSA) is 66.3 Å². The fourth-order valence-electron chi connectivity index (χ4n) is 1.84. The SMILES string of the molecule is CCc1cc(CC)nc(N2CC(C(=O)O)C2)n1. The van der Waals surface area contributed by atoms with Crippen molar-refractivity contribution in [2.24, 2.45) is 5.92 Å². The zero-order valence-electron chi connectivity index (χ0n) is 10.2. The van der Waals surface area contributed by atoms with Crippen LogP contribution in [-0.4, -0.2) is 34.1 Å². The molecule has 0 unspecified atom stereocenters. The van der Waals surface area contributed by atoms with Crippen LogP contribution in [0, 0.1) is 5.92 Å². The van der Waals surface area contributed by atoms with Gasteiger partial charge in [0.1, 0.15) is 0 Å². The maximum atomic E-state index is 10.7. The van der Waals surface area contributed by atoms with E-state index in [1.807, 2.05) is 11.0 Å². The minimum Gasteiger partial charge on any atom is -0.481 e. The highest BCUT2D eigenvalue weighted by Gasteiger charge is 2.34. The minimum absolute atomic E-state index is 0.269. The Balaban J connectivity index is 2.14. The molecule has 0 aliphatic carbocycles. The van der Waals surface area contributed by atoms with Crippen LogP contribution in [0.5, 0.6) is 0 Å². The summed E-state index contributed by atoms with van der Waals surface area (Å²) in [6.45, 7) is 5.15. The van der Waals surface area contributed by atoms with Crippen molar-refractivity contribution < 1.29 is 9.90 Å². The Kier molecular flexibility index (Phi) is 3.26. The lowest BCUT2D eigenvalue weighted by Crippen LogP contribution is -2.51. The van der Waals surface area contributed by atoms with E-state index in [9.17, 15) is 4.79 Å². The third-order valence-electron chi connectivity index (χ3n) is 3.06. The Morgan fingerprint density at radius 3 is 2.29 bits per heavy atom. The average Bonchev–Trinajstić information content (AvgIpc) is 2.26. The molecule has 0 saturated carbocycles. The highest BCUT2D eigenvalue weighted by molar-refractivity contribution is 5.73. The van der Waals surface area contributed by atoms with Gasteiger partial charge in [0.05, 0.1) is 5.92 Å². The number of hydrogen-bond acceptors (Lipinski definition) is 4. The average molecular weight is 235 g/mol. The Labute approximate surface area is 100 Å². The molecule has 1 aromatic heterocycles. The molecule has 0 spiro atoms. The van der Waals surface area contributed by atoms with Gasteiger partial charge in [0, 0.05) is 24.5 Å². The van der Waals surface area contributed by atoms with Crippen molar-refractivity contribution in [3.05, 3.63) is 17.5 Å². The molecule has 1 aliphatic rings. The van der Waals surface area contributed by atoms with Crippen LogP contribution in [0.3, 0.4) is 0 Å². The lowest BCUT2D eigenvalue weighted by Gasteiger charge is -2.36. The lowest BCUT2D eigenvalue weighted by molar-refractivity contribution is -0.142. The Morgan fingerprint density at radius 2 is 1.88 bits per heavy atom. The van der Waals surface area contributed by atoms with Gasteiger partial charge in [0.2, 0.25) is 5.95 Å². The molecular formula is C12H17N3O2. The highest BCUT2D eigenvalue weighted by atomic mass is 16.4. The van der Waals surface area contributed by atoms with Gasteiger partial charge in [-0.05, 0) is 18.9 Å². The summed E-state index contributed by atoms with van der Waals surface area (Å²) in [6.07, 6.45) is 1.75. The van der Waals surface area contributed by atoms with Gasteiger partial charge in [-0.1, -0.05) is 13.8 Å². The Morgan fingerprint density at radius 1 is 1.35 bits per heavy atom. The molecule has 2 heterocycles. The zero-order chi connectivity index (χ0) is 12.4. The molecule has 2 rings (SSSR count). The fourth-order valence-corrected chi connectivity index (χ4v) is 1.84. The van der Waals surface area contributed by atoms with Crippen LogP contribution in [0.4, 0.5) is 5.95 Å². The predicted molar refractivity (Wildman–Crippen MR) is 64.1 cm³/mol. The van der Waals surface area contributed by atoms with Gasteiger partial charge in [-0.25, -0.2) is 9.97 Å². The van der Waals surface area contributed by atoms with Gasteiger partial charge >= 0.3 is 5.97 Å². The first-order chi connectivity index (χ1) is 8.13. The second-order valence-electron chi connectivity index (χ2n) is 4.30. The van der Waals surface area contributed by atoms with Crippen molar-refractivity contribution in [2.75, 3.05) is 18.0 Å². The maximum absolute atomic E-state index is 10.7. The summed E-state index contributed by atoms with van der Waals surface area (Å²) in [7, 11) is 0. The Bertz CT molecular complexity index is 406. The van der Waals surface area contributed by atoms with Gasteiger partial charge in [0.15, 0.2) is 0 Å². The monoisotopic (exact) mass is 235 g/mol. The lowest BCUT2D eigenvalue weighted by atomic mass is 10.0. The van der Waals surface area contributed by atoms with Crippen molar-refractivity contribution >= 4 is 11.9 Å². The Hall–Kier alpha value is -1.65. The number of aromatic nitrogens is 2. The second kappa shape index (κ2) is 4.69. The first kappa shape index (κ1) is 11.8. The van der Waals surface area contributed by atoms with Crippen LogP contribution in [0.15, 0.2) is 6.07 Å². The summed E-state index contributed by atoms with van der Waals surface area (Å²) < 4.78 is 0. The molecule has 1 N–H and O–H groups in total. The molecule has 0 atom stereocenters. The van der Waals surface area contributed by atoms with Gasteiger partial charge in [-0.2, -0.15) is 0 Å². The van der Waals surface area contributed by atoms with E-state index >= 15 is 0 Å². The van der Waals surface area contributed by atoms with Crippen LogP contribution in [0.25, 0.3) is 0 Å². The van der Waals surface area contributed by atoms with E-state index in [0.29, 0.717) is 19.0 Å². The largest absolute Gasteiger partial charge is 0.481 e. The van der Waals surface area contributed by atoms with E-state index in [0.717, 1.165) is 24.2 Å². The summed E-state index contributed by atoms with van der Waals surface area (Å²) >= 11 is 0. The molecule has 1 fully saturated rings. The van der Waals surface area contributed by atoms with Crippen LogP contribution in [0.2, 0.25) is 0 Å². The van der Waals surface area contributed by atoms with Crippen LogP contribution < -0.4 is 4.90 Å². The molecule has 5 heteroatoms. The third kappa shape index (κ3) is 2.38. The number of hydrogen-bond donors (Lipinski definition) is 1. The number of carboxylic acids is 1. The summed E-state index contributed by atoms with van der Waals surface area (Å²) in [5, 5.41) is 8.83. The quantitative estimate of drug-likeness (QED) is 0.847. The number of aliphatic carboxylic acids is 1. The van der Waals surface area contributed by atoms with E-state index in [1.165, 1.54) is 0 Å². The van der Waals surface area contributed by atoms with Crippen molar-refractivity contribution in [2.45, 2.75) is 26.7 Å². The molecule has 1 aromatic rings. The van der Waals surface area contributed by atoms with Gasteiger partial charge in [-0.3, -0.25) is 4.79 Å². The number of aryl methyl sites for hydroxylation is 2. The van der Waals surface area contributed by atoms with Gasteiger partial charge < -0.3 is 10.0 Å². The predicted octanol–water partition coefficient (Wildman–Crippen LogP) is 1.12. The van der Waals surface area contributed by atoms with Crippen molar-refractivity contribution in [1.29, 1.82) is 0 Å². The minimum atomic E-state index is -0.733. The summed E-state index contributed by atoms with van der Waals surface area (Å²) in [6, 6.07) is 2.01. The van der Waals surface area contributed by atoms with E-state index < -0.39 is 5.97 Å². The highest BCUT2D eigenvalue weighted by Crippen LogP contribution is 2.22. The van der Waals surface area contributed by atoms with E-state index in [4.69, 9.17) is 5.11 Å². The molecule has 17 heavy (non-hydrogen) atoms. The van der Waals surface area contributed by atoms with Gasteiger partial charge in [-0.15, -0.1) is 0 Å². The molecule has 0 aromatic carbocycles. The maximum Gasteiger partial charge on any atom is 0.310 e. The molecule has 0 amide bonds. The number of rotatable bonds is 4. The number of anilines is 1. The number of carboxylic acid groups (broad SMARTS) is 1. The smallest absolute Gasteiger partial charge is 0.310 e. The normalized spacial score (nSPS) is 15.8. The van der Waals surface area contributed by atoms with Crippen molar-refractivity contribution in [1.82, 2.24) is 9.97 Å². The van der Waals surface area contributed by atoms with Crippen LogP contribution >= 0.6 is 0 Å². The summed E-state index contributed by atoms with van der Waals surface area (Å²) in [4.78, 5) is 21.5. The van der Waals surface area contributed by atoms with E-state index in [1.54, 1.807) is 0 Å². The number of carbonyl (C=O) groups is 1. The fraction of sp³-hybridized carbons (Fsp3) is 0.583. The number of nitrogens with zero attached hydrogens (tertiary/aromatic N) is 3. The second-order valence-corrected chi connectivity index (χ2v) is 4.30. The van der Waals surface area contributed by atoms with Crippen LogP contribution in [-0.2, 0) is 17.6 Å². The van der Waals surface area contributed by atoms with E-state index in [2.05, 4.69) is 23.8 Å². The van der Waals surface area contributed by atoms with Crippen LogP contribution in [0.1, 0.15) is 25.2 Å². The standard InChI is InChI=1S/C12H17N3O2/c1-3-9-5-10(4-2)14-12(13-9)15-6-8(7-15)11(16)17/h5,8H,3-4,6-7H2,1-2H3,(H,16,17). The molecule has 1 saturated heterocycles. The molecular weight excluding hydrogens is 218 g/mol. The summed E-state index contributed by atoms with van der Waals surface area (Å²) in [5.41, 5.74) is 2.04. The zero-order valence-corrected chi connectivity index (χ0v) is 10.2. The third-order valence-corrected chi connectivity index (χ3v) is 3.06. The van der Waals surface area contributed by atoms with Crippen molar-refractivity contribution in [3.63, 3.8) is 0 Å². The molecule has 92 valence electrons. The molecule has 0 radical (unpaired) electrons. The molecule has 1 aliphatic heterocycles. The van der Waals surface area contributed by atoms with E-state index in [-0.39, 0.29) is 5.92 Å². The molecule has 5 nitrogen and oxygen atoms in total.